The van der Waals surface area contributed by atoms with Gasteiger partial charge in [0.2, 0.25) is 0 Å². The fraction of sp³-hybridized carbons (Fsp3) is 0. The zero-order valence-electron chi connectivity index (χ0n) is 12.0. The average molecular weight is 301 g/mol. The quantitative estimate of drug-likeness (QED) is 0.552. The van der Waals surface area contributed by atoms with Gasteiger partial charge in [-0.3, -0.25) is 14.4 Å². The molecule has 0 N–H and O–H groups in total. The number of hydrogen-bond donors (Lipinski definition) is 0. The number of imide groups is 1. The largest absolute Gasteiger partial charge is 0.298 e. The minimum Gasteiger partial charge on any atom is -0.298 e. The summed E-state index contributed by atoms with van der Waals surface area (Å²) in [5, 5.41) is 0. The highest BCUT2D eigenvalue weighted by Gasteiger charge is 2.28. The van der Waals surface area contributed by atoms with Crippen LogP contribution in [0, 0.1) is 0 Å². The molecule has 0 bridgehead atoms. The Bertz CT molecular complexity index is 920. The molecule has 0 saturated carbocycles. The highest BCUT2D eigenvalue weighted by molar-refractivity contribution is 6.29. The Hall–Kier alpha value is -3.27. The summed E-state index contributed by atoms with van der Waals surface area (Å²) < 4.78 is 0. The van der Waals surface area contributed by atoms with Crippen molar-refractivity contribution in [2.45, 2.75) is 0 Å². The van der Waals surface area contributed by atoms with E-state index in [2.05, 4.69) is 0 Å². The number of fused-ring (bicyclic) bond motifs is 1. The predicted octanol–water partition coefficient (Wildman–Crippen LogP) is 3.08. The first-order valence-electron chi connectivity index (χ1n) is 7.16. The summed E-state index contributed by atoms with van der Waals surface area (Å²) in [5.74, 6) is -0.800. The smallest absolute Gasteiger partial charge is 0.258 e. The third-order valence-corrected chi connectivity index (χ3v) is 4.07. The molecule has 4 nitrogen and oxygen atoms in total. The van der Waals surface area contributed by atoms with Crippen LogP contribution in [0.3, 0.4) is 0 Å². The molecular weight excluding hydrogens is 290 g/mol. The molecular formula is C19H11NO3. The highest BCUT2D eigenvalue weighted by Crippen LogP contribution is 2.37. The number of carbonyl (C=O) groups excluding carboxylic acids is 3. The third-order valence-electron chi connectivity index (χ3n) is 4.07. The molecule has 110 valence electrons. The van der Waals surface area contributed by atoms with Crippen LogP contribution in [0.15, 0.2) is 48.6 Å². The first kappa shape index (κ1) is 13.4. The zero-order chi connectivity index (χ0) is 16.0. The maximum atomic E-state index is 12.0. The second-order valence-corrected chi connectivity index (χ2v) is 5.38. The van der Waals surface area contributed by atoms with Crippen LogP contribution in [0.5, 0.6) is 0 Å². The SMILES string of the molecule is O=Cc1cccc(N2C(=O)C=CC2=O)c1-c1ccc2c(c1)C=C2. The Morgan fingerprint density at radius 3 is 2.17 bits per heavy atom. The summed E-state index contributed by atoms with van der Waals surface area (Å²) in [7, 11) is 0. The van der Waals surface area contributed by atoms with Crippen molar-refractivity contribution >= 4 is 35.9 Å². The number of benzene rings is 2. The molecule has 0 fully saturated rings. The summed E-state index contributed by atoms with van der Waals surface area (Å²) in [4.78, 5) is 36.6. The molecule has 0 atom stereocenters. The van der Waals surface area contributed by atoms with Crippen LogP contribution < -0.4 is 4.90 Å². The van der Waals surface area contributed by atoms with Gasteiger partial charge in [0.1, 0.15) is 0 Å². The molecule has 0 unspecified atom stereocenters. The van der Waals surface area contributed by atoms with Crippen LogP contribution >= 0.6 is 0 Å². The summed E-state index contributed by atoms with van der Waals surface area (Å²) in [6, 6.07) is 10.8. The summed E-state index contributed by atoms with van der Waals surface area (Å²) in [6.45, 7) is 0. The van der Waals surface area contributed by atoms with E-state index in [1.54, 1.807) is 18.2 Å². The van der Waals surface area contributed by atoms with Gasteiger partial charge >= 0.3 is 0 Å². The van der Waals surface area contributed by atoms with E-state index in [0.29, 0.717) is 16.8 Å². The Labute approximate surface area is 132 Å². The van der Waals surface area contributed by atoms with Crippen LogP contribution in [0.4, 0.5) is 5.69 Å². The van der Waals surface area contributed by atoms with E-state index < -0.39 is 11.8 Å². The van der Waals surface area contributed by atoms with Crippen LogP contribution in [0.25, 0.3) is 23.3 Å². The number of hydrogen-bond acceptors (Lipinski definition) is 3. The van der Waals surface area contributed by atoms with Crippen molar-refractivity contribution in [2.24, 2.45) is 0 Å². The van der Waals surface area contributed by atoms with Gasteiger partial charge in [0.05, 0.1) is 5.69 Å². The lowest BCUT2D eigenvalue weighted by molar-refractivity contribution is -0.119. The van der Waals surface area contributed by atoms with Crippen molar-refractivity contribution in [1.82, 2.24) is 0 Å². The van der Waals surface area contributed by atoms with Crippen molar-refractivity contribution < 1.29 is 14.4 Å². The molecule has 4 heteroatoms. The lowest BCUT2D eigenvalue weighted by atomic mass is 9.90. The van der Waals surface area contributed by atoms with E-state index in [-0.39, 0.29) is 0 Å². The lowest BCUT2D eigenvalue weighted by Crippen LogP contribution is -2.30. The van der Waals surface area contributed by atoms with Gasteiger partial charge in [0.25, 0.3) is 11.8 Å². The van der Waals surface area contributed by atoms with Gasteiger partial charge in [-0.2, -0.15) is 0 Å². The van der Waals surface area contributed by atoms with Crippen molar-refractivity contribution in [1.29, 1.82) is 0 Å². The molecule has 2 aliphatic rings. The van der Waals surface area contributed by atoms with Crippen LogP contribution in [-0.4, -0.2) is 18.1 Å². The van der Waals surface area contributed by atoms with Crippen molar-refractivity contribution in [3.63, 3.8) is 0 Å². The molecule has 2 amide bonds. The number of aldehydes is 1. The van der Waals surface area contributed by atoms with E-state index in [1.165, 1.54) is 12.2 Å². The van der Waals surface area contributed by atoms with Gasteiger partial charge in [0.15, 0.2) is 6.29 Å². The number of nitrogens with zero attached hydrogens (tertiary/aromatic N) is 1. The van der Waals surface area contributed by atoms with Gasteiger partial charge in [0, 0.05) is 23.3 Å². The van der Waals surface area contributed by atoms with Crippen LogP contribution in [0.1, 0.15) is 21.5 Å². The minimum absolute atomic E-state index is 0.400. The second kappa shape index (κ2) is 4.88. The molecule has 2 aromatic carbocycles. The zero-order valence-corrected chi connectivity index (χ0v) is 12.0. The minimum atomic E-state index is -0.400. The summed E-state index contributed by atoms with van der Waals surface area (Å²) in [5.41, 5.74) is 4.48. The fourth-order valence-electron chi connectivity index (χ4n) is 2.90. The normalized spacial score (nSPS) is 14.9. The summed E-state index contributed by atoms with van der Waals surface area (Å²) >= 11 is 0. The Morgan fingerprint density at radius 2 is 1.57 bits per heavy atom. The van der Waals surface area contributed by atoms with E-state index in [0.717, 1.165) is 27.9 Å². The number of rotatable bonds is 3. The maximum Gasteiger partial charge on any atom is 0.258 e. The Balaban J connectivity index is 1.94. The molecule has 1 heterocycles. The van der Waals surface area contributed by atoms with E-state index >= 15 is 0 Å². The molecule has 0 aromatic heterocycles. The van der Waals surface area contributed by atoms with Gasteiger partial charge in [-0.15, -0.1) is 0 Å². The second-order valence-electron chi connectivity index (χ2n) is 5.38. The van der Waals surface area contributed by atoms with E-state index in [9.17, 15) is 14.4 Å². The molecule has 1 aliphatic heterocycles. The van der Waals surface area contributed by atoms with Crippen LogP contribution in [0.2, 0.25) is 0 Å². The Morgan fingerprint density at radius 1 is 0.826 bits per heavy atom. The number of amides is 2. The summed E-state index contributed by atoms with van der Waals surface area (Å²) in [6.07, 6.45) is 7.20. The first-order valence-corrected chi connectivity index (χ1v) is 7.16. The van der Waals surface area contributed by atoms with E-state index in [1.807, 2.05) is 30.4 Å². The molecule has 23 heavy (non-hydrogen) atoms. The van der Waals surface area contributed by atoms with Gasteiger partial charge < -0.3 is 0 Å². The molecule has 0 spiro atoms. The molecule has 4 rings (SSSR count). The number of carbonyl (C=O) groups is 3. The Kier molecular flexibility index (Phi) is 2.84. The third kappa shape index (κ3) is 1.96. The molecule has 0 radical (unpaired) electrons. The molecule has 1 aliphatic carbocycles. The monoisotopic (exact) mass is 301 g/mol. The molecule has 2 aromatic rings. The maximum absolute atomic E-state index is 12.0. The fourth-order valence-corrected chi connectivity index (χ4v) is 2.90. The topological polar surface area (TPSA) is 54.5 Å². The van der Waals surface area contributed by atoms with Gasteiger partial charge in [-0.1, -0.05) is 36.4 Å². The van der Waals surface area contributed by atoms with E-state index in [4.69, 9.17) is 0 Å². The van der Waals surface area contributed by atoms with Gasteiger partial charge in [-0.25, -0.2) is 4.90 Å². The van der Waals surface area contributed by atoms with Crippen LogP contribution in [-0.2, 0) is 9.59 Å². The lowest BCUT2D eigenvalue weighted by Gasteiger charge is -2.21. The first-order chi connectivity index (χ1) is 11.2. The predicted molar refractivity (Wildman–Crippen MR) is 87.8 cm³/mol. The number of anilines is 1. The standard InChI is InChI=1S/C19H11NO3/c21-11-15-2-1-3-16(20-17(22)8-9-18(20)23)19(15)14-7-5-12-4-6-13(12)10-14/h1-11H. The van der Waals surface area contributed by atoms with Crippen molar-refractivity contribution in [2.75, 3.05) is 4.90 Å². The van der Waals surface area contributed by atoms with Crippen molar-refractivity contribution in [3.8, 4) is 11.1 Å². The average Bonchev–Trinajstić information content (AvgIpc) is 2.87. The van der Waals surface area contributed by atoms with Gasteiger partial charge in [-0.05, 0) is 28.8 Å². The highest BCUT2D eigenvalue weighted by atomic mass is 16.2. The van der Waals surface area contributed by atoms with Crippen molar-refractivity contribution in [3.05, 3.63) is 65.2 Å². The molecule has 0 saturated heterocycles.